The highest BCUT2D eigenvalue weighted by Crippen LogP contribution is 2.34. The zero-order valence-corrected chi connectivity index (χ0v) is 18.2. The van der Waals surface area contributed by atoms with Crippen LogP contribution in [0, 0.1) is 0 Å². The second-order valence-electron chi connectivity index (χ2n) is 7.90. The number of fused-ring (bicyclic) bond motifs is 1. The molecule has 0 radical (unpaired) electrons. The van der Waals surface area contributed by atoms with Crippen molar-refractivity contribution in [2.75, 3.05) is 69.5 Å². The second-order valence-corrected chi connectivity index (χ2v) is 7.90. The van der Waals surface area contributed by atoms with Gasteiger partial charge in [0.1, 0.15) is 29.4 Å². The average Bonchev–Trinajstić information content (AvgIpc) is 2.87. The first-order chi connectivity index (χ1) is 15.8. The Hall–Kier alpha value is -3.17. The standard InChI is InChI=1S/C23H28N6O3/c1-30-20-14-24-13-19-21(20)22(27-23(26-19)28-9-11-31-12-10-28)29-8-7-25-17(15-29)16-32-18-5-3-2-4-6-18/h2-6,13-14,17,25H,7-12,15-16H2,1H3/t17-/m1/s1. The molecule has 5 rings (SSSR count). The predicted molar refractivity (Wildman–Crippen MR) is 123 cm³/mol. The summed E-state index contributed by atoms with van der Waals surface area (Å²) >= 11 is 0. The Labute approximate surface area is 187 Å². The summed E-state index contributed by atoms with van der Waals surface area (Å²) in [6.07, 6.45) is 3.51. The molecule has 0 bridgehead atoms. The molecule has 3 aromatic rings. The van der Waals surface area contributed by atoms with Crippen LogP contribution in [0.25, 0.3) is 10.9 Å². The van der Waals surface area contributed by atoms with E-state index in [2.05, 4.69) is 20.1 Å². The van der Waals surface area contributed by atoms with Crippen molar-refractivity contribution in [1.29, 1.82) is 0 Å². The summed E-state index contributed by atoms with van der Waals surface area (Å²) in [5.41, 5.74) is 0.784. The normalized spacial score (nSPS) is 19.2. The zero-order chi connectivity index (χ0) is 21.8. The van der Waals surface area contributed by atoms with Crippen LogP contribution >= 0.6 is 0 Å². The largest absolute Gasteiger partial charge is 0.494 e. The minimum absolute atomic E-state index is 0.175. The number of methoxy groups -OCH3 is 1. The maximum Gasteiger partial charge on any atom is 0.228 e. The molecule has 0 aliphatic carbocycles. The van der Waals surface area contributed by atoms with Gasteiger partial charge < -0.3 is 29.3 Å². The van der Waals surface area contributed by atoms with Crippen LogP contribution in [0.15, 0.2) is 42.7 Å². The van der Waals surface area contributed by atoms with Crippen molar-refractivity contribution in [3.05, 3.63) is 42.7 Å². The van der Waals surface area contributed by atoms with Gasteiger partial charge in [-0.1, -0.05) is 18.2 Å². The molecule has 1 aromatic carbocycles. The first-order valence-corrected chi connectivity index (χ1v) is 11.0. The number of pyridine rings is 1. The van der Waals surface area contributed by atoms with Crippen molar-refractivity contribution in [2.24, 2.45) is 0 Å². The van der Waals surface area contributed by atoms with Crippen LogP contribution in [0.4, 0.5) is 11.8 Å². The molecule has 9 nitrogen and oxygen atoms in total. The van der Waals surface area contributed by atoms with Crippen molar-refractivity contribution in [3.8, 4) is 11.5 Å². The molecule has 9 heteroatoms. The van der Waals surface area contributed by atoms with Crippen LogP contribution in [-0.2, 0) is 4.74 Å². The van der Waals surface area contributed by atoms with Crippen LogP contribution in [0.5, 0.6) is 11.5 Å². The van der Waals surface area contributed by atoms with Gasteiger partial charge in [0.2, 0.25) is 5.95 Å². The molecule has 2 aromatic heterocycles. The number of anilines is 2. The Bertz CT molecular complexity index is 1040. The topological polar surface area (TPSA) is 84.9 Å². The van der Waals surface area contributed by atoms with E-state index in [4.69, 9.17) is 24.2 Å². The number of benzene rings is 1. The highest BCUT2D eigenvalue weighted by Gasteiger charge is 2.26. The van der Waals surface area contributed by atoms with Gasteiger partial charge >= 0.3 is 0 Å². The number of nitrogens with zero attached hydrogens (tertiary/aromatic N) is 5. The van der Waals surface area contributed by atoms with Crippen LogP contribution in [0.1, 0.15) is 0 Å². The average molecular weight is 437 g/mol. The Morgan fingerprint density at radius 1 is 1.06 bits per heavy atom. The summed E-state index contributed by atoms with van der Waals surface area (Å²) in [5.74, 6) is 3.14. The van der Waals surface area contributed by atoms with Crippen LogP contribution in [0.3, 0.4) is 0 Å². The van der Waals surface area contributed by atoms with Crippen LogP contribution in [-0.4, -0.2) is 80.6 Å². The number of aromatic nitrogens is 3. The van der Waals surface area contributed by atoms with Crippen molar-refractivity contribution in [1.82, 2.24) is 20.3 Å². The SMILES string of the molecule is COc1cncc2nc(N3CCOCC3)nc(N3CCN[C@@H](COc4ccccc4)C3)c12. The van der Waals surface area contributed by atoms with Gasteiger partial charge in [-0.25, -0.2) is 4.98 Å². The van der Waals surface area contributed by atoms with Gasteiger partial charge in [-0.05, 0) is 12.1 Å². The van der Waals surface area contributed by atoms with Crippen LogP contribution < -0.4 is 24.6 Å². The number of nitrogens with one attached hydrogen (secondary N) is 1. The molecular weight excluding hydrogens is 408 g/mol. The molecule has 0 amide bonds. The van der Waals surface area contributed by atoms with Gasteiger partial charge in [-0.3, -0.25) is 4.98 Å². The van der Waals surface area contributed by atoms with Gasteiger partial charge in [0.15, 0.2) is 0 Å². The quantitative estimate of drug-likeness (QED) is 0.621. The highest BCUT2D eigenvalue weighted by atomic mass is 16.5. The molecular formula is C23H28N6O3. The van der Waals surface area contributed by atoms with E-state index in [0.29, 0.717) is 31.5 Å². The lowest BCUT2D eigenvalue weighted by Gasteiger charge is -2.35. The summed E-state index contributed by atoms with van der Waals surface area (Å²) in [5, 5.41) is 4.46. The molecule has 1 atom stereocenters. The van der Waals surface area contributed by atoms with Crippen molar-refractivity contribution < 1.29 is 14.2 Å². The maximum absolute atomic E-state index is 6.00. The number of morpholine rings is 1. The van der Waals surface area contributed by atoms with Crippen molar-refractivity contribution >= 4 is 22.7 Å². The van der Waals surface area contributed by atoms with E-state index in [1.165, 1.54) is 0 Å². The van der Waals surface area contributed by atoms with Crippen LogP contribution in [0.2, 0.25) is 0 Å². The molecule has 0 unspecified atom stereocenters. The van der Waals surface area contributed by atoms with E-state index in [1.807, 2.05) is 30.3 Å². The second kappa shape index (κ2) is 9.54. The molecule has 2 saturated heterocycles. The molecule has 0 spiro atoms. The Morgan fingerprint density at radius 3 is 2.72 bits per heavy atom. The van der Waals surface area contributed by atoms with E-state index < -0.39 is 0 Å². The molecule has 2 aliphatic heterocycles. The molecule has 2 fully saturated rings. The van der Waals surface area contributed by atoms with Gasteiger partial charge in [-0.2, -0.15) is 4.98 Å². The number of para-hydroxylation sites is 1. The summed E-state index contributed by atoms with van der Waals surface area (Å²) in [7, 11) is 1.66. The number of hydrogen-bond acceptors (Lipinski definition) is 9. The minimum Gasteiger partial charge on any atom is -0.494 e. The van der Waals surface area contributed by atoms with Crippen molar-refractivity contribution in [3.63, 3.8) is 0 Å². The predicted octanol–water partition coefficient (Wildman–Crippen LogP) is 1.73. The minimum atomic E-state index is 0.175. The van der Waals surface area contributed by atoms with Gasteiger partial charge in [0, 0.05) is 32.7 Å². The molecule has 4 heterocycles. The first kappa shape index (κ1) is 20.7. The fraction of sp³-hybridized carbons (Fsp3) is 0.435. The third-order valence-corrected chi connectivity index (χ3v) is 5.80. The monoisotopic (exact) mass is 436 g/mol. The van der Waals surface area contributed by atoms with E-state index in [0.717, 1.165) is 55.2 Å². The van der Waals surface area contributed by atoms with Crippen molar-refractivity contribution in [2.45, 2.75) is 6.04 Å². The number of ether oxygens (including phenoxy) is 3. The lowest BCUT2D eigenvalue weighted by atomic mass is 10.2. The summed E-state index contributed by atoms with van der Waals surface area (Å²) < 4.78 is 17.1. The molecule has 0 saturated carbocycles. The lowest BCUT2D eigenvalue weighted by Crippen LogP contribution is -2.53. The number of piperazine rings is 1. The molecule has 1 N–H and O–H groups in total. The van der Waals surface area contributed by atoms with E-state index >= 15 is 0 Å². The maximum atomic E-state index is 6.00. The summed E-state index contributed by atoms with van der Waals surface area (Å²) in [6.45, 7) is 5.94. The van der Waals surface area contributed by atoms with Gasteiger partial charge in [-0.15, -0.1) is 0 Å². The third kappa shape index (κ3) is 4.39. The fourth-order valence-electron chi connectivity index (χ4n) is 4.16. The molecule has 168 valence electrons. The summed E-state index contributed by atoms with van der Waals surface area (Å²) in [6, 6.07) is 10.1. The smallest absolute Gasteiger partial charge is 0.228 e. The van der Waals surface area contributed by atoms with E-state index in [1.54, 1.807) is 19.5 Å². The fourth-order valence-corrected chi connectivity index (χ4v) is 4.16. The molecule has 2 aliphatic rings. The van der Waals surface area contributed by atoms with E-state index in [-0.39, 0.29) is 6.04 Å². The summed E-state index contributed by atoms with van der Waals surface area (Å²) in [4.78, 5) is 18.6. The third-order valence-electron chi connectivity index (χ3n) is 5.80. The van der Waals surface area contributed by atoms with Gasteiger partial charge in [0.25, 0.3) is 0 Å². The first-order valence-electron chi connectivity index (χ1n) is 11.0. The Kier molecular flexibility index (Phi) is 6.17. The molecule has 32 heavy (non-hydrogen) atoms. The highest BCUT2D eigenvalue weighted by molar-refractivity contribution is 5.95. The number of hydrogen-bond donors (Lipinski definition) is 1. The van der Waals surface area contributed by atoms with Gasteiger partial charge in [0.05, 0.1) is 44.1 Å². The van der Waals surface area contributed by atoms with E-state index in [9.17, 15) is 0 Å². The zero-order valence-electron chi connectivity index (χ0n) is 18.2. The number of rotatable bonds is 6. The Balaban J connectivity index is 1.44. The Morgan fingerprint density at radius 2 is 1.91 bits per heavy atom. The lowest BCUT2D eigenvalue weighted by molar-refractivity contribution is 0.122.